The van der Waals surface area contributed by atoms with Crippen LogP contribution in [0.5, 0.6) is 11.5 Å². The molecule has 0 fully saturated rings. The normalized spacial score (nSPS) is 11.6. The number of ether oxygens (including phenoxy) is 1. The molecule has 0 amide bonds. The standard InChI is InChI=1S/C50H33NO/c1-2-13-34(14-3-1)36-27-30-39(31-28-36)51(40-32-29-35-15-4-5-17-38(35)33-40)46-24-12-26-48-50(46)49-44(42-21-10-18-37-16-6-7-19-41(37)42)22-11-23-45(49)43-20-8-9-25-47(43)52-48/h1-33H. The van der Waals surface area contributed by atoms with Crippen molar-refractivity contribution in [1.82, 2.24) is 0 Å². The lowest BCUT2D eigenvalue weighted by Crippen LogP contribution is -2.12. The van der Waals surface area contributed by atoms with Crippen LogP contribution < -0.4 is 9.64 Å². The highest BCUT2D eigenvalue weighted by Crippen LogP contribution is 2.55. The van der Waals surface area contributed by atoms with Gasteiger partial charge in [-0.15, -0.1) is 0 Å². The van der Waals surface area contributed by atoms with Gasteiger partial charge in [-0.2, -0.15) is 0 Å². The molecule has 0 radical (unpaired) electrons. The minimum Gasteiger partial charge on any atom is -0.456 e. The Morgan fingerprint density at radius 1 is 0.327 bits per heavy atom. The van der Waals surface area contributed by atoms with Gasteiger partial charge in [0, 0.05) is 28.1 Å². The van der Waals surface area contributed by atoms with E-state index in [9.17, 15) is 0 Å². The summed E-state index contributed by atoms with van der Waals surface area (Å²) in [5, 5.41) is 4.83. The maximum Gasteiger partial charge on any atom is 0.137 e. The molecule has 1 heterocycles. The van der Waals surface area contributed by atoms with Crippen LogP contribution in [0.4, 0.5) is 17.1 Å². The Balaban J connectivity index is 1.27. The van der Waals surface area contributed by atoms with Gasteiger partial charge in [0.2, 0.25) is 0 Å². The van der Waals surface area contributed by atoms with E-state index in [0.29, 0.717) is 0 Å². The molecule has 0 saturated carbocycles. The zero-order valence-corrected chi connectivity index (χ0v) is 28.4. The molecule has 1 aliphatic rings. The van der Waals surface area contributed by atoms with Gasteiger partial charge in [-0.25, -0.2) is 0 Å². The molecular formula is C50H33NO. The van der Waals surface area contributed by atoms with Gasteiger partial charge in [-0.05, 0) is 91.8 Å². The Morgan fingerprint density at radius 2 is 0.904 bits per heavy atom. The lowest BCUT2D eigenvalue weighted by atomic mass is 9.85. The predicted molar refractivity (Wildman–Crippen MR) is 218 cm³/mol. The van der Waals surface area contributed by atoms with Gasteiger partial charge in [-0.3, -0.25) is 0 Å². The summed E-state index contributed by atoms with van der Waals surface area (Å²) in [5.74, 6) is 1.67. The SMILES string of the molecule is c1ccc(-c2ccc(N(c3ccc4ccccc4c3)c3cccc4c3-c3c(cccc3-c3cccc5ccccc35)-c3ccccc3O4)cc2)cc1. The second kappa shape index (κ2) is 12.5. The summed E-state index contributed by atoms with van der Waals surface area (Å²) in [6.45, 7) is 0. The van der Waals surface area contributed by atoms with Gasteiger partial charge in [0.25, 0.3) is 0 Å². The fourth-order valence-corrected chi connectivity index (χ4v) is 7.85. The van der Waals surface area contributed by atoms with Gasteiger partial charge in [-0.1, -0.05) is 158 Å². The number of nitrogens with zero attached hydrogens (tertiary/aromatic N) is 1. The van der Waals surface area contributed by atoms with Gasteiger partial charge in [0.05, 0.1) is 5.69 Å². The number of fused-ring (bicyclic) bond motifs is 7. The summed E-state index contributed by atoms with van der Waals surface area (Å²) >= 11 is 0. The number of para-hydroxylation sites is 1. The lowest BCUT2D eigenvalue weighted by molar-refractivity contribution is 0.488. The lowest BCUT2D eigenvalue weighted by Gasteiger charge is -2.30. The first-order valence-electron chi connectivity index (χ1n) is 17.8. The van der Waals surface area contributed by atoms with E-state index in [1.165, 1.54) is 43.8 Å². The average molecular weight is 664 g/mol. The van der Waals surface area contributed by atoms with E-state index in [-0.39, 0.29) is 0 Å². The zero-order chi connectivity index (χ0) is 34.4. The van der Waals surface area contributed by atoms with Crippen molar-refractivity contribution in [2.45, 2.75) is 0 Å². The van der Waals surface area contributed by atoms with Crippen molar-refractivity contribution >= 4 is 38.6 Å². The maximum atomic E-state index is 6.95. The van der Waals surface area contributed by atoms with E-state index >= 15 is 0 Å². The third kappa shape index (κ3) is 5.04. The largest absolute Gasteiger partial charge is 0.456 e. The second-order valence-electron chi connectivity index (χ2n) is 13.3. The molecule has 9 aromatic carbocycles. The van der Waals surface area contributed by atoms with Gasteiger partial charge < -0.3 is 9.64 Å². The molecule has 244 valence electrons. The van der Waals surface area contributed by atoms with Crippen molar-refractivity contribution in [3.63, 3.8) is 0 Å². The number of benzene rings is 9. The van der Waals surface area contributed by atoms with Crippen LogP contribution in [0.3, 0.4) is 0 Å². The molecule has 52 heavy (non-hydrogen) atoms. The fourth-order valence-electron chi connectivity index (χ4n) is 7.85. The van der Waals surface area contributed by atoms with Gasteiger partial charge >= 0.3 is 0 Å². The van der Waals surface area contributed by atoms with Crippen molar-refractivity contribution in [3.05, 3.63) is 200 Å². The average Bonchev–Trinajstić information content (AvgIpc) is 3.36. The Kier molecular flexibility index (Phi) is 7.18. The van der Waals surface area contributed by atoms with Crippen LogP contribution in [-0.2, 0) is 0 Å². The van der Waals surface area contributed by atoms with Gasteiger partial charge in [0.1, 0.15) is 11.5 Å². The topological polar surface area (TPSA) is 12.5 Å². The van der Waals surface area contributed by atoms with Crippen LogP contribution in [0.2, 0.25) is 0 Å². The molecule has 0 bridgehead atoms. The van der Waals surface area contributed by atoms with Crippen LogP contribution in [0.1, 0.15) is 0 Å². The zero-order valence-electron chi connectivity index (χ0n) is 28.4. The molecule has 2 heteroatoms. The fraction of sp³-hybridized carbons (Fsp3) is 0. The van der Waals surface area contributed by atoms with Crippen molar-refractivity contribution < 1.29 is 4.74 Å². The van der Waals surface area contributed by atoms with E-state index in [0.717, 1.165) is 50.8 Å². The summed E-state index contributed by atoms with van der Waals surface area (Å²) in [4.78, 5) is 2.39. The maximum absolute atomic E-state index is 6.95. The Bertz CT molecular complexity index is 2760. The molecule has 0 saturated heterocycles. The molecule has 0 unspecified atom stereocenters. The van der Waals surface area contributed by atoms with Crippen LogP contribution in [-0.4, -0.2) is 0 Å². The second-order valence-corrected chi connectivity index (χ2v) is 13.3. The number of rotatable bonds is 5. The number of hydrogen-bond acceptors (Lipinski definition) is 2. The highest BCUT2D eigenvalue weighted by Gasteiger charge is 2.29. The van der Waals surface area contributed by atoms with Crippen molar-refractivity contribution in [1.29, 1.82) is 0 Å². The first-order chi connectivity index (χ1) is 25.8. The molecule has 10 rings (SSSR count). The first-order valence-corrected chi connectivity index (χ1v) is 17.8. The quantitative estimate of drug-likeness (QED) is 0.182. The Hall–Kier alpha value is -6.90. The van der Waals surface area contributed by atoms with Crippen LogP contribution in [0.25, 0.3) is 66.1 Å². The molecule has 0 spiro atoms. The van der Waals surface area contributed by atoms with Crippen molar-refractivity contribution in [3.8, 4) is 56.0 Å². The Morgan fingerprint density at radius 3 is 1.77 bits per heavy atom. The van der Waals surface area contributed by atoms with E-state index in [1.807, 2.05) is 0 Å². The van der Waals surface area contributed by atoms with Crippen molar-refractivity contribution in [2.24, 2.45) is 0 Å². The van der Waals surface area contributed by atoms with Crippen LogP contribution in [0, 0.1) is 0 Å². The molecule has 2 nitrogen and oxygen atoms in total. The highest BCUT2D eigenvalue weighted by molar-refractivity contribution is 6.09. The summed E-state index contributed by atoms with van der Waals surface area (Å²) in [6.07, 6.45) is 0. The smallest absolute Gasteiger partial charge is 0.137 e. The van der Waals surface area contributed by atoms with Crippen LogP contribution >= 0.6 is 0 Å². The molecule has 0 aromatic heterocycles. The summed E-state index contributed by atoms with van der Waals surface area (Å²) in [5.41, 5.74) is 12.3. The molecular weight excluding hydrogens is 631 g/mol. The van der Waals surface area contributed by atoms with Gasteiger partial charge in [0.15, 0.2) is 0 Å². The van der Waals surface area contributed by atoms with E-state index in [1.54, 1.807) is 0 Å². The van der Waals surface area contributed by atoms with E-state index in [4.69, 9.17) is 4.74 Å². The summed E-state index contributed by atoms with van der Waals surface area (Å²) < 4.78 is 6.95. The summed E-state index contributed by atoms with van der Waals surface area (Å²) in [6, 6.07) is 71.7. The third-order valence-corrected chi connectivity index (χ3v) is 10.3. The minimum absolute atomic E-state index is 0.822. The number of anilines is 3. The monoisotopic (exact) mass is 663 g/mol. The first kappa shape index (κ1) is 30.0. The van der Waals surface area contributed by atoms with E-state index in [2.05, 4.69) is 205 Å². The van der Waals surface area contributed by atoms with Crippen LogP contribution in [0.15, 0.2) is 200 Å². The molecule has 0 aliphatic carbocycles. The highest BCUT2D eigenvalue weighted by atomic mass is 16.5. The minimum atomic E-state index is 0.822. The number of hydrogen-bond donors (Lipinski definition) is 0. The molecule has 0 atom stereocenters. The van der Waals surface area contributed by atoms with Crippen molar-refractivity contribution in [2.75, 3.05) is 4.90 Å². The predicted octanol–water partition coefficient (Wildman–Crippen LogP) is 14.2. The molecule has 0 N–H and O–H groups in total. The Labute approximate surface area is 303 Å². The van der Waals surface area contributed by atoms with E-state index < -0.39 is 0 Å². The summed E-state index contributed by atoms with van der Waals surface area (Å²) in [7, 11) is 0. The molecule has 1 aliphatic heterocycles. The molecule has 9 aromatic rings. The third-order valence-electron chi connectivity index (χ3n) is 10.3.